The molecular formula is C24H26F2N2O5. The standard InChI is InChI=1S/C24H26F2N2O5/c1-3-23(4-2,20(29)27-14-24(25,26)21(30)31)28-22(32)33-13-19-17-11-7-5-9-15(17)16-10-6-8-12-18(16)19/h5-12,19H,3-4,13-14H2,1-2H3,(H,27,29)(H,28,32)(H,30,31). The lowest BCUT2D eigenvalue weighted by molar-refractivity contribution is -0.164. The summed E-state index contributed by atoms with van der Waals surface area (Å²) in [6.07, 6.45) is -0.670. The Labute approximate surface area is 190 Å². The second-order valence-corrected chi connectivity index (χ2v) is 7.93. The second-order valence-electron chi connectivity index (χ2n) is 7.93. The van der Waals surface area contributed by atoms with Gasteiger partial charge >= 0.3 is 18.0 Å². The summed E-state index contributed by atoms with van der Waals surface area (Å²) in [6.45, 7) is 1.88. The predicted molar refractivity (Wildman–Crippen MR) is 117 cm³/mol. The Morgan fingerprint density at radius 1 is 0.970 bits per heavy atom. The Balaban J connectivity index is 1.68. The molecule has 176 valence electrons. The first-order valence-corrected chi connectivity index (χ1v) is 10.7. The summed E-state index contributed by atoms with van der Waals surface area (Å²) >= 11 is 0. The fraction of sp³-hybridized carbons (Fsp3) is 0.375. The van der Waals surface area contributed by atoms with Gasteiger partial charge in [-0.05, 0) is 35.1 Å². The summed E-state index contributed by atoms with van der Waals surface area (Å²) in [5.74, 6) is -7.54. The maximum absolute atomic E-state index is 13.4. The normalized spacial score (nSPS) is 13.1. The summed E-state index contributed by atoms with van der Waals surface area (Å²) in [5.41, 5.74) is 2.67. The monoisotopic (exact) mass is 460 g/mol. The average Bonchev–Trinajstić information content (AvgIpc) is 3.13. The van der Waals surface area contributed by atoms with E-state index in [4.69, 9.17) is 9.84 Å². The fourth-order valence-electron chi connectivity index (χ4n) is 4.07. The van der Waals surface area contributed by atoms with Crippen LogP contribution in [-0.2, 0) is 14.3 Å². The topological polar surface area (TPSA) is 105 Å². The van der Waals surface area contributed by atoms with Crippen molar-refractivity contribution in [3.63, 3.8) is 0 Å². The molecule has 0 aromatic heterocycles. The molecule has 33 heavy (non-hydrogen) atoms. The van der Waals surface area contributed by atoms with Gasteiger partial charge in [0.25, 0.3) is 0 Å². The number of carboxylic acids is 1. The van der Waals surface area contributed by atoms with Crippen molar-refractivity contribution >= 4 is 18.0 Å². The van der Waals surface area contributed by atoms with Crippen molar-refractivity contribution in [1.82, 2.24) is 10.6 Å². The zero-order valence-electron chi connectivity index (χ0n) is 18.4. The number of carbonyl (C=O) groups excluding carboxylic acids is 2. The summed E-state index contributed by atoms with van der Waals surface area (Å²) in [4.78, 5) is 35.8. The van der Waals surface area contributed by atoms with Gasteiger partial charge < -0.3 is 20.5 Å². The van der Waals surface area contributed by atoms with E-state index in [0.717, 1.165) is 22.3 Å². The minimum Gasteiger partial charge on any atom is -0.477 e. The first kappa shape index (κ1) is 24.2. The number of benzene rings is 2. The molecule has 1 aliphatic rings. The number of carbonyl (C=O) groups is 3. The number of amides is 2. The van der Waals surface area contributed by atoms with E-state index in [1.165, 1.54) is 0 Å². The van der Waals surface area contributed by atoms with E-state index in [0.29, 0.717) is 0 Å². The van der Waals surface area contributed by atoms with Crippen molar-refractivity contribution in [2.45, 2.75) is 44.1 Å². The number of hydrogen-bond acceptors (Lipinski definition) is 4. The van der Waals surface area contributed by atoms with Gasteiger partial charge in [-0.2, -0.15) is 8.78 Å². The average molecular weight is 460 g/mol. The van der Waals surface area contributed by atoms with Crippen LogP contribution >= 0.6 is 0 Å². The third-order valence-electron chi connectivity index (χ3n) is 6.11. The molecule has 0 spiro atoms. The minimum atomic E-state index is -4.12. The maximum Gasteiger partial charge on any atom is 0.408 e. The van der Waals surface area contributed by atoms with Crippen molar-refractivity contribution in [1.29, 1.82) is 0 Å². The zero-order valence-corrected chi connectivity index (χ0v) is 18.4. The van der Waals surface area contributed by atoms with E-state index in [1.807, 2.05) is 53.8 Å². The lowest BCUT2D eigenvalue weighted by atomic mass is 9.91. The predicted octanol–water partition coefficient (Wildman–Crippen LogP) is 3.92. The number of carboxylic acid groups (broad SMARTS) is 1. The van der Waals surface area contributed by atoms with Gasteiger partial charge in [0.05, 0.1) is 6.54 Å². The van der Waals surface area contributed by atoms with Crippen LogP contribution in [-0.4, -0.2) is 47.7 Å². The van der Waals surface area contributed by atoms with Gasteiger partial charge in [0.1, 0.15) is 12.1 Å². The molecular weight excluding hydrogens is 434 g/mol. The lowest BCUT2D eigenvalue weighted by Crippen LogP contribution is -2.60. The van der Waals surface area contributed by atoms with E-state index in [1.54, 1.807) is 13.8 Å². The molecule has 0 saturated carbocycles. The van der Waals surface area contributed by atoms with Crippen molar-refractivity contribution < 1.29 is 33.0 Å². The van der Waals surface area contributed by atoms with Gasteiger partial charge in [0.2, 0.25) is 5.91 Å². The number of hydrogen-bond donors (Lipinski definition) is 3. The number of alkyl halides is 2. The zero-order chi connectivity index (χ0) is 24.2. The molecule has 0 fully saturated rings. The highest BCUT2D eigenvalue weighted by Gasteiger charge is 2.43. The third-order valence-corrected chi connectivity index (χ3v) is 6.11. The fourth-order valence-corrected chi connectivity index (χ4v) is 4.07. The number of aliphatic carboxylic acids is 1. The Bertz CT molecular complexity index is 1010. The van der Waals surface area contributed by atoms with Crippen LogP contribution in [0.2, 0.25) is 0 Å². The first-order chi connectivity index (χ1) is 15.6. The molecule has 0 atom stereocenters. The Kier molecular flexibility index (Phi) is 7.00. The van der Waals surface area contributed by atoms with Gasteiger partial charge in [-0.3, -0.25) is 4.79 Å². The third kappa shape index (κ3) is 4.81. The number of rotatable bonds is 9. The second kappa shape index (κ2) is 9.56. The van der Waals surface area contributed by atoms with Crippen molar-refractivity contribution in [2.24, 2.45) is 0 Å². The van der Waals surface area contributed by atoms with Crippen LogP contribution in [0.4, 0.5) is 13.6 Å². The van der Waals surface area contributed by atoms with E-state index in [9.17, 15) is 23.2 Å². The molecule has 3 rings (SSSR count). The highest BCUT2D eigenvalue weighted by Crippen LogP contribution is 2.44. The molecule has 2 aromatic rings. The smallest absolute Gasteiger partial charge is 0.408 e. The summed E-state index contributed by atoms with van der Waals surface area (Å²) < 4.78 is 32.2. The van der Waals surface area contributed by atoms with E-state index >= 15 is 0 Å². The van der Waals surface area contributed by atoms with Crippen LogP contribution in [0.25, 0.3) is 11.1 Å². The molecule has 2 aromatic carbocycles. The maximum atomic E-state index is 13.4. The molecule has 0 aliphatic heterocycles. The summed E-state index contributed by atoms with van der Waals surface area (Å²) in [6, 6.07) is 15.7. The SMILES string of the molecule is CCC(CC)(NC(=O)OCC1c2ccccc2-c2ccccc21)C(=O)NCC(F)(F)C(=O)O. The number of nitrogens with one attached hydrogen (secondary N) is 2. The van der Waals surface area contributed by atoms with Crippen molar-refractivity contribution in [3.05, 3.63) is 59.7 Å². The lowest BCUT2D eigenvalue weighted by Gasteiger charge is -2.31. The molecule has 0 heterocycles. The van der Waals surface area contributed by atoms with Crippen LogP contribution in [0.15, 0.2) is 48.5 Å². The first-order valence-electron chi connectivity index (χ1n) is 10.7. The van der Waals surface area contributed by atoms with Gasteiger partial charge in [0.15, 0.2) is 0 Å². The Morgan fingerprint density at radius 3 is 1.97 bits per heavy atom. The quantitative estimate of drug-likeness (QED) is 0.526. The molecule has 0 saturated heterocycles. The number of fused-ring (bicyclic) bond motifs is 3. The highest BCUT2D eigenvalue weighted by atomic mass is 19.3. The van der Waals surface area contributed by atoms with Gasteiger partial charge in [0, 0.05) is 5.92 Å². The number of ether oxygens (including phenoxy) is 1. The summed E-state index contributed by atoms with van der Waals surface area (Å²) in [5, 5.41) is 13.0. The van der Waals surface area contributed by atoms with Crippen LogP contribution in [0.1, 0.15) is 43.7 Å². The van der Waals surface area contributed by atoms with Crippen molar-refractivity contribution in [2.75, 3.05) is 13.2 Å². The largest absolute Gasteiger partial charge is 0.477 e. The van der Waals surface area contributed by atoms with Crippen molar-refractivity contribution in [3.8, 4) is 11.1 Å². The van der Waals surface area contributed by atoms with Gasteiger partial charge in [-0.15, -0.1) is 0 Å². The number of alkyl carbamates (subject to hydrolysis) is 1. The Hall–Kier alpha value is -3.49. The molecule has 7 nitrogen and oxygen atoms in total. The summed E-state index contributed by atoms with van der Waals surface area (Å²) in [7, 11) is 0. The number of halogens is 2. The van der Waals surface area contributed by atoms with Gasteiger partial charge in [-0.1, -0.05) is 62.4 Å². The Morgan fingerprint density at radius 2 is 1.48 bits per heavy atom. The molecule has 9 heteroatoms. The molecule has 1 aliphatic carbocycles. The molecule has 0 radical (unpaired) electrons. The van der Waals surface area contributed by atoms with Crippen LogP contribution in [0, 0.1) is 0 Å². The van der Waals surface area contributed by atoms with Crippen LogP contribution < -0.4 is 10.6 Å². The molecule has 3 N–H and O–H groups in total. The molecule has 2 amide bonds. The minimum absolute atomic E-state index is 0.0298. The van der Waals surface area contributed by atoms with E-state index < -0.39 is 36.0 Å². The molecule has 0 bridgehead atoms. The van der Waals surface area contributed by atoms with Crippen LogP contribution in [0.3, 0.4) is 0 Å². The van der Waals surface area contributed by atoms with Gasteiger partial charge in [-0.25, -0.2) is 9.59 Å². The van der Waals surface area contributed by atoms with E-state index in [-0.39, 0.29) is 25.4 Å². The highest BCUT2D eigenvalue weighted by molar-refractivity contribution is 5.90. The van der Waals surface area contributed by atoms with E-state index in [2.05, 4.69) is 5.32 Å². The molecule has 0 unspecified atom stereocenters. The van der Waals surface area contributed by atoms with Crippen LogP contribution in [0.5, 0.6) is 0 Å².